The van der Waals surface area contributed by atoms with Gasteiger partial charge in [0.25, 0.3) is 5.91 Å². The molecule has 25 heavy (non-hydrogen) atoms. The monoisotopic (exact) mass is 341 g/mol. The molecule has 1 unspecified atom stereocenters. The second-order valence-electron chi connectivity index (χ2n) is 6.82. The Morgan fingerprint density at radius 2 is 1.84 bits per heavy atom. The fraction of sp³-hybridized carbons (Fsp3) is 0.350. The molecule has 1 amide bonds. The van der Waals surface area contributed by atoms with Gasteiger partial charge in [-0.1, -0.05) is 38.1 Å². The van der Waals surface area contributed by atoms with E-state index in [4.69, 9.17) is 9.47 Å². The van der Waals surface area contributed by atoms with Gasteiger partial charge >= 0.3 is 0 Å². The number of ether oxygens (including phenoxy) is 2. The Labute approximate surface area is 148 Å². The Bertz CT molecular complexity index is 741. The van der Waals surface area contributed by atoms with Gasteiger partial charge in [-0.15, -0.1) is 0 Å². The van der Waals surface area contributed by atoms with E-state index >= 15 is 0 Å². The first-order valence-electron chi connectivity index (χ1n) is 8.61. The summed E-state index contributed by atoms with van der Waals surface area (Å²) in [6, 6.07) is 14.1. The van der Waals surface area contributed by atoms with Crippen molar-refractivity contribution in [2.75, 3.05) is 25.7 Å². The van der Waals surface area contributed by atoms with Crippen molar-refractivity contribution in [1.29, 1.82) is 0 Å². The smallest absolute Gasteiger partial charge is 0.279 e. The maximum Gasteiger partial charge on any atom is 0.279 e. The number of likely N-dealkylation sites (N-methyl/N-ethyl adjacent to an activating group) is 1. The van der Waals surface area contributed by atoms with Crippen molar-refractivity contribution in [2.24, 2.45) is 0 Å². The molecule has 2 aromatic rings. The van der Waals surface area contributed by atoms with E-state index in [1.165, 1.54) is 11.1 Å². The zero-order valence-electron chi connectivity index (χ0n) is 15.0. The summed E-state index contributed by atoms with van der Waals surface area (Å²) in [5.74, 6) is 1.90. The summed E-state index contributed by atoms with van der Waals surface area (Å²) in [5, 5.41) is 2.92. The van der Waals surface area contributed by atoms with Crippen molar-refractivity contribution in [1.82, 2.24) is 0 Å². The first kappa shape index (κ1) is 17.3. The Kier molecular flexibility index (Phi) is 5.24. The number of anilines is 1. The maximum atomic E-state index is 12.3. The van der Waals surface area contributed by atoms with Crippen LogP contribution in [-0.2, 0) is 11.3 Å². The van der Waals surface area contributed by atoms with Crippen molar-refractivity contribution in [2.45, 2.75) is 26.3 Å². The normalized spacial score (nSPS) is 13.8. The first-order chi connectivity index (χ1) is 12.0. The minimum absolute atomic E-state index is 0.0184. The van der Waals surface area contributed by atoms with Crippen LogP contribution in [0.5, 0.6) is 11.5 Å². The van der Waals surface area contributed by atoms with E-state index in [9.17, 15) is 4.79 Å². The lowest BCUT2D eigenvalue weighted by molar-refractivity contribution is -0.885. The van der Waals surface area contributed by atoms with Crippen LogP contribution in [-0.4, -0.2) is 26.3 Å². The summed E-state index contributed by atoms with van der Waals surface area (Å²) >= 11 is 0. The molecular formula is C20H25N2O3+. The van der Waals surface area contributed by atoms with Crippen molar-refractivity contribution in [3.05, 3.63) is 53.6 Å². The van der Waals surface area contributed by atoms with Gasteiger partial charge in [-0.3, -0.25) is 4.79 Å². The van der Waals surface area contributed by atoms with E-state index in [-0.39, 0.29) is 12.7 Å². The fourth-order valence-corrected chi connectivity index (χ4v) is 2.88. The van der Waals surface area contributed by atoms with Gasteiger partial charge in [0.2, 0.25) is 6.79 Å². The number of hydrogen-bond donors (Lipinski definition) is 2. The van der Waals surface area contributed by atoms with Crippen molar-refractivity contribution in [3.8, 4) is 11.5 Å². The minimum atomic E-state index is -0.0184. The van der Waals surface area contributed by atoms with Crippen LogP contribution in [0, 0.1) is 0 Å². The van der Waals surface area contributed by atoms with Gasteiger partial charge in [-0.05, 0) is 23.6 Å². The molecule has 0 bridgehead atoms. The molecule has 0 aliphatic carbocycles. The number of carbonyl (C=O) groups excluding carboxylic acids is 1. The van der Waals surface area contributed by atoms with E-state index < -0.39 is 0 Å². The highest BCUT2D eigenvalue weighted by Gasteiger charge is 2.15. The fourth-order valence-electron chi connectivity index (χ4n) is 2.88. The van der Waals surface area contributed by atoms with Gasteiger partial charge in [0.15, 0.2) is 18.0 Å². The summed E-state index contributed by atoms with van der Waals surface area (Å²) in [5.41, 5.74) is 3.29. The van der Waals surface area contributed by atoms with Crippen LogP contribution in [0.2, 0.25) is 0 Å². The van der Waals surface area contributed by atoms with Gasteiger partial charge in [-0.25, -0.2) is 0 Å². The molecule has 2 aromatic carbocycles. The van der Waals surface area contributed by atoms with Crippen molar-refractivity contribution < 1.29 is 19.2 Å². The van der Waals surface area contributed by atoms with Crippen LogP contribution in [0.4, 0.5) is 5.69 Å². The van der Waals surface area contributed by atoms with Gasteiger partial charge in [0.1, 0.15) is 6.54 Å². The van der Waals surface area contributed by atoms with Gasteiger partial charge in [0, 0.05) is 17.3 Å². The van der Waals surface area contributed by atoms with Crippen LogP contribution in [0.3, 0.4) is 0 Å². The molecule has 0 fully saturated rings. The molecular weight excluding hydrogens is 316 g/mol. The third-order valence-electron chi connectivity index (χ3n) is 4.27. The average molecular weight is 341 g/mol. The highest BCUT2D eigenvalue weighted by Crippen LogP contribution is 2.34. The zero-order valence-corrected chi connectivity index (χ0v) is 15.0. The molecule has 1 aliphatic heterocycles. The molecule has 0 radical (unpaired) electrons. The second-order valence-corrected chi connectivity index (χ2v) is 6.82. The molecule has 5 heteroatoms. The molecule has 1 heterocycles. The molecule has 0 saturated carbocycles. The largest absolute Gasteiger partial charge is 0.454 e. The topological polar surface area (TPSA) is 52.0 Å². The third kappa shape index (κ3) is 4.51. The molecule has 1 aliphatic rings. The predicted octanol–water partition coefficient (Wildman–Crippen LogP) is 2.19. The van der Waals surface area contributed by atoms with E-state index in [1.807, 2.05) is 19.2 Å². The van der Waals surface area contributed by atoms with E-state index in [1.54, 1.807) is 6.07 Å². The number of quaternary nitrogens is 1. The summed E-state index contributed by atoms with van der Waals surface area (Å²) in [6.45, 7) is 5.82. The van der Waals surface area contributed by atoms with Crippen molar-refractivity contribution in [3.63, 3.8) is 0 Å². The standard InChI is InChI=1S/C20H24N2O3/c1-14(2)16-6-4-15(5-7-16)11-22(3)12-20(23)21-17-8-9-18-19(10-17)25-13-24-18/h4-10,14H,11-13H2,1-3H3,(H,21,23)/p+1. The Hall–Kier alpha value is -2.53. The maximum absolute atomic E-state index is 12.3. The quantitative estimate of drug-likeness (QED) is 0.847. The van der Waals surface area contributed by atoms with E-state index in [0.29, 0.717) is 24.0 Å². The highest BCUT2D eigenvalue weighted by molar-refractivity contribution is 5.91. The third-order valence-corrected chi connectivity index (χ3v) is 4.27. The highest BCUT2D eigenvalue weighted by atomic mass is 16.7. The SMILES string of the molecule is CC(C)c1ccc(C[NH+](C)CC(=O)Nc2ccc3c(c2)OCO3)cc1. The predicted molar refractivity (Wildman–Crippen MR) is 97.2 cm³/mol. The van der Waals surface area contributed by atoms with Crippen LogP contribution in [0.25, 0.3) is 0 Å². The summed E-state index contributed by atoms with van der Waals surface area (Å²) in [4.78, 5) is 13.4. The molecule has 132 valence electrons. The molecule has 0 saturated heterocycles. The number of amides is 1. The van der Waals surface area contributed by atoms with Crippen LogP contribution in [0.1, 0.15) is 30.9 Å². The average Bonchev–Trinajstić information content (AvgIpc) is 3.02. The summed E-state index contributed by atoms with van der Waals surface area (Å²) < 4.78 is 10.6. The Balaban J connectivity index is 1.52. The van der Waals surface area contributed by atoms with Crippen LogP contribution in [0.15, 0.2) is 42.5 Å². The lowest BCUT2D eigenvalue weighted by Gasteiger charge is -2.15. The van der Waals surface area contributed by atoms with Crippen LogP contribution >= 0.6 is 0 Å². The zero-order chi connectivity index (χ0) is 17.8. The van der Waals surface area contributed by atoms with Gasteiger partial charge in [0.05, 0.1) is 7.05 Å². The molecule has 1 atom stereocenters. The van der Waals surface area contributed by atoms with Gasteiger partial charge < -0.3 is 19.7 Å². The number of rotatable bonds is 6. The van der Waals surface area contributed by atoms with Crippen LogP contribution < -0.4 is 19.7 Å². The first-order valence-corrected chi connectivity index (χ1v) is 8.61. The number of nitrogens with one attached hydrogen (secondary N) is 2. The number of carbonyl (C=O) groups is 1. The second kappa shape index (κ2) is 7.57. The van der Waals surface area contributed by atoms with E-state index in [2.05, 4.69) is 43.4 Å². The molecule has 0 spiro atoms. The molecule has 3 rings (SSSR count). The Morgan fingerprint density at radius 3 is 2.56 bits per heavy atom. The summed E-state index contributed by atoms with van der Waals surface area (Å²) in [7, 11) is 2.02. The number of hydrogen-bond acceptors (Lipinski definition) is 3. The number of benzene rings is 2. The Morgan fingerprint density at radius 1 is 1.12 bits per heavy atom. The lowest BCUT2D eigenvalue weighted by Crippen LogP contribution is -3.08. The number of fused-ring (bicyclic) bond motifs is 1. The van der Waals surface area contributed by atoms with Crippen molar-refractivity contribution >= 4 is 11.6 Å². The molecule has 0 aromatic heterocycles. The minimum Gasteiger partial charge on any atom is -0.454 e. The molecule has 5 nitrogen and oxygen atoms in total. The molecule has 2 N–H and O–H groups in total. The van der Waals surface area contributed by atoms with Gasteiger partial charge in [-0.2, -0.15) is 0 Å². The summed E-state index contributed by atoms with van der Waals surface area (Å²) in [6.07, 6.45) is 0. The lowest BCUT2D eigenvalue weighted by atomic mass is 10.0. The van der Waals surface area contributed by atoms with E-state index in [0.717, 1.165) is 17.1 Å².